The zero-order chi connectivity index (χ0) is 14.8. The number of carbonyl (C=O) groups is 1. The highest BCUT2D eigenvalue weighted by Gasteiger charge is 2.31. The zero-order valence-corrected chi connectivity index (χ0v) is 12.8. The van der Waals surface area contributed by atoms with Gasteiger partial charge in [0, 0.05) is 11.8 Å². The molecule has 0 spiro atoms. The van der Waals surface area contributed by atoms with Crippen LogP contribution in [0.4, 0.5) is 0 Å². The number of carbonyl (C=O) groups excluding carboxylic acids is 1. The van der Waals surface area contributed by atoms with Gasteiger partial charge in [0.25, 0.3) is 5.89 Å². The van der Waals surface area contributed by atoms with Crippen molar-refractivity contribution in [3.63, 3.8) is 0 Å². The third-order valence-electron chi connectivity index (χ3n) is 2.89. The second-order valence-electron chi connectivity index (χ2n) is 5.05. The molecule has 20 heavy (non-hydrogen) atoms. The lowest BCUT2D eigenvalue weighted by Gasteiger charge is -2.18. The molecule has 2 rings (SSSR count). The Kier molecular flexibility index (Phi) is 4.17. The van der Waals surface area contributed by atoms with E-state index in [2.05, 4.69) is 15.2 Å². The Bertz CT molecular complexity index is 604. The number of aryl methyl sites for hydroxylation is 1. The Balaban J connectivity index is 2.15. The lowest BCUT2D eigenvalue weighted by molar-refractivity contribution is -0.150. The molecule has 2 aromatic rings. The Morgan fingerprint density at radius 1 is 1.45 bits per heavy atom. The summed E-state index contributed by atoms with van der Waals surface area (Å²) >= 11 is 1.47. The summed E-state index contributed by atoms with van der Waals surface area (Å²) in [5, 5.41) is 10.6. The third kappa shape index (κ3) is 3.04. The predicted molar refractivity (Wildman–Crippen MR) is 74.3 cm³/mol. The number of hydrogen-bond acceptors (Lipinski definition) is 7. The fourth-order valence-electron chi connectivity index (χ4n) is 1.71. The number of esters is 1. The SMILES string of the molecule is CCc1csc(-c2nnc(CC(C)(C)C(=O)OC)o2)n1. The van der Waals surface area contributed by atoms with E-state index < -0.39 is 5.41 Å². The Morgan fingerprint density at radius 2 is 2.20 bits per heavy atom. The summed E-state index contributed by atoms with van der Waals surface area (Å²) in [6.45, 7) is 5.60. The van der Waals surface area contributed by atoms with Gasteiger partial charge in [0.15, 0.2) is 5.01 Å². The smallest absolute Gasteiger partial charge is 0.311 e. The highest BCUT2D eigenvalue weighted by Crippen LogP contribution is 2.26. The van der Waals surface area contributed by atoms with Crippen LogP contribution in [0.1, 0.15) is 32.4 Å². The van der Waals surface area contributed by atoms with Crippen molar-refractivity contribution >= 4 is 17.3 Å². The molecular weight excluding hydrogens is 278 g/mol. The number of methoxy groups -OCH3 is 1. The average molecular weight is 295 g/mol. The molecule has 0 amide bonds. The van der Waals surface area contributed by atoms with E-state index in [1.807, 2.05) is 12.3 Å². The fraction of sp³-hybridized carbons (Fsp3) is 0.538. The molecule has 6 nitrogen and oxygen atoms in total. The Morgan fingerprint density at radius 3 is 2.80 bits per heavy atom. The first-order valence-corrected chi connectivity index (χ1v) is 7.20. The maximum absolute atomic E-state index is 11.6. The van der Waals surface area contributed by atoms with Crippen LogP contribution < -0.4 is 0 Å². The van der Waals surface area contributed by atoms with Crippen LogP contribution in [0.25, 0.3) is 10.9 Å². The van der Waals surface area contributed by atoms with E-state index in [1.54, 1.807) is 13.8 Å². The molecular formula is C13H17N3O3S. The third-order valence-corrected chi connectivity index (χ3v) is 3.77. The summed E-state index contributed by atoms with van der Waals surface area (Å²) in [5.74, 6) is 0.494. The minimum atomic E-state index is -0.698. The van der Waals surface area contributed by atoms with Crippen molar-refractivity contribution < 1.29 is 13.9 Å². The van der Waals surface area contributed by atoms with Crippen LogP contribution in [0.2, 0.25) is 0 Å². The molecule has 108 valence electrons. The molecule has 0 atom stereocenters. The standard InChI is InChI=1S/C13H17N3O3S/c1-5-8-7-20-11(14-8)10-16-15-9(19-10)6-13(2,3)12(17)18-4/h7H,5-6H2,1-4H3. The van der Waals surface area contributed by atoms with E-state index in [9.17, 15) is 4.79 Å². The van der Waals surface area contributed by atoms with Crippen molar-refractivity contribution in [1.82, 2.24) is 15.2 Å². The second kappa shape index (κ2) is 5.70. The molecule has 0 saturated heterocycles. The molecule has 0 aliphatic carbocycles. The molecule has 2 heterocycles. The predicted octanol–water partition coefficient (Wildman–Crippen LogP) is 2.50. The summed E-state index contributed by atoms with van der Waals surface area (Å²) in [5.41, 5.74) is 0.301. The van der Waals surface area contributed by atoms with Gasteiger partial charge in [-0.15, -0.1) is 21.5 Å². The van der Waals surface area contributed by atoms with Crippen molar-refractivity contribution in [3.8, 4) is 10.9 Å². The van der Waals surface area contributed by atoms with E-state index in [0.717, 1.165) is 12.1 Å². The minimum absolute atomic E-state index is 0.306. The van der Waals surface area contributed by atoms with Gasteiger partial charge in [-0.1, -0.05) is 6.92 Å². The van der Waals surface area contributed by atoms with Gasteiger partial charge in [0.2, 0.25) is 5.89 Å². The molecule has 0 radical (unpaired) electrons. The Labute approximate surface area is 121 Å². The van der Waals surface area contributed by atoms with Gasteiger partial charge >= 0.3 is 5.97 Å². The van der Waals surface area contributed by atoms with Gasteiger partial charge in [-0.3, -0.25) is 4.79 Å². The number of aromatic nitrogens is 3. The first kappa shape index (κ1) is 14.6. The van der Waals surface area contributed by atoms with Gasteiger partial charge in [0.05, 0.1) is 18.2 Å². The van der Waals surface area contributed by atoms with Gasteiger partial charge in [-0.05, 0) is 20.3 Å². The number of thiazole rings is 1. The highest BCUT2D eigenvalue weighted by atomic mass is 32.1. The number of nitrogens with zero attached hydrogens (tertiary/aromatic N) is 3. The van der Waals surface area contributed by atoms with Crippen LogP contribution in [-0.2, 0) is 22.4 Å². The lowest BCUT2D eigenvalue weighted by Crippen LogP contribution is -2.28. The molecule has 0 bridgehead atoms. The quantitative estimate of drug-likeness (QED) is 0.789. The number of hydrogen-bond donors (Lipinski definition) is 0. The van der Waals surface area contributed by atoms with Crippen molar-refractivity contribution in [2.45, 2.75) is 33.6 Å². The van der Waals surface area contributed by atoms with E-state index in [-0.39, 0.29) is 5.97 Å². The molecule has 0 N–H and O–H groups in total. The van der Waals surface area contributed by atoms with Crippen LogP contribution in [0.15, 0.2) is 9.80 Å². The van der Waals surface area contributed by atoms with Crippen molar-refractivity contribution in [2.75, 3.05) is 7.11 Å². The monoisotopic (exact) mass is 295 g/mol. The van der Waals surface area contributed by atoms with Gasteiger partial charge in [0.1, 0.15) is 0 Å². The first-order valence-electron chi connectivity index (χ1n) is 6.32. The highest BCUT2D eigenvalue weighted by molar-refractivity contribution is 7.13. The summed E-state index contributed by atoms with van der Waals surface area (Å²) in [7, 11) is 1.37. The van der Waals surface area contributed by atoms with E-state index >= 15 is 0 Å². The van der Waals surface area contributed by atoms with Crippen molar-refractivity contribution in [1.29, 1.82) is 0 Å². The lowest BCUT2D eigenvalue weighted by atomic mass is 9.89. The summed E-state index contributed by atoms with van der Waals surface area (Å²) in [4.78, 5) is 16.0. The summed E-state index contributed by atoms with van der Waals surface area (Å²) < 4.78 is 10.3. The summed E-state index contributed by atoms with van der Waals surface area (Å²) in [6.07, 6.45) is 1.20. The van der Waals surface area contributed by atoms with Crippen molar-refractivity contribution in [3.05, 3.63) is 17.0 Å². The molecule has 0 saturated carbocycles. The normalized spacial score (nSPS) is 11.6. The van der Waals surface area contributed by atoms with Crippen LogP contribution in [-0.4, -0.2) is 28.3 Å². The molecule has 2 aromatic heterocycles. The van der Waals surface area contributed by atoms with Gasteiger partial charge < -0.3 is 9.15 Å². The van der Waals surface area contributed by atoms with Crippen molar-refractivity contribution in [2.24, 2.45) is 5.41 Å². The van der Waals surface area contributed by atoms with Crippen LogP contribution in [0, 0.1) is 5.41 Å². The molecule has 0 fully saturated rings. The van der Waals surface area contributed by atoms with Crippen LogP contribution in [0.5, 0.6) is 0 Å². The molecule has 0 aliphatic heterocycles. The van der Waals surface area contributed by atoms with Crippen LogP contribution >= 0.6 is 11.3 Å². The first-order chi connectivity index (χ1) is 9.46. The Hall–Kier alpha value is -1.76. The number of ether oxygens (including phenoxy) is 1. The number of rotatable bonds is 5. The fourth-order valence-corrected chi connectivity index (χ4v) is 2.53. The van der Waals surface area contributed by atoms with E-state index in [4.69, 9.17) is 9.15 Å². The van der Waals surface area contributed by atoms with E-state index in [1.165, 1.54) is 18.4 Å². The topological polar surface area (TPSA) is 78.1 Å². The molecule has 7 heteroatoms. The maximum atomic E-state index is 11.6. The zero-order valence-electron chi connectivity index (χ0n) is 12.0. The largest absolute Gasteiger partial charge is 0.469 e. The molecule has 0 aliphatic rings. The van der Waals surface area contributed by atoms with E-state index in [0.29, 0.717) is 23.2 Å². The molecule has 0 unspecified atom stereocenters. The summed E-state index contributed by atoms with van der Waals surface area (Å²) in [6, 6.07) is 0. The van der Waals surface area contributed by atoms with Gasteiger partial charge in [-0.25, -0.2) is 4.98 Å². The van der Waals surface area contributed by atoms with Crippen LogP contribution in [0.3, 0.4) is 0 Å². The second-order valence-corrected chi connectivity index (χ2v) is 5.91. The maximum Gasteiger partial charge on any atom is 0.311 e. The average Bonchev–Trinajstić information content (AvgIpc) is 3.05. The van der Waals surface area contributed by atoms with Gasteiger partial charge in [-0.2, -0.15) is 0 Å². The minimum Gasteiger partial charge on any atom is -0.469 e. The molecule has 0 aromatic carbocycles.